The summed E-state index contributed by atoms with van der Waals surface area (Å²) in [6, 6.07) is 9.25. The van der Waals surface area contributed by atoms with E-state index in [9.17, 15) is 0 Å². The van der Waals surface area contributed by atoms with Crippen LogP contribution in [0.25, 0.3) is 0 Å². The lowest BCUT2D eigenvalue weighted by Crippen LogP contribution is -2.08. The Bertz CT molecular complexity index is 296. The third kappa shape index (κ3) is 2.60. The number of hydrogen-bond donors (Lipinski definition) is 0. The van der Waals surface area contributed by atoms with Gasteiger partial charge in [-0.3, -0.25) is 0 Å². The molecule has 0 aliphatic heterocycles. The van der Waals surface area contributed by atoms with Gasteiger partial charge >= 0.3 is 0 Å². The van der Waals surface area contributed by atoms with Gasteiger partial charge in [0.1, 0.15) is 0 Å². The lowest BCUT2D eigenvalue weighted by Gasteiger charge is -2.18. The van der Waals surface area contributed by atoms with Crippen molar-refractivity contribution in [3.8, 4) is 0 Å². The molecule has 0 aromatic heterocycles. The maximum Gasteiger partial charge on any atom is -0.0162 e. The Morgan fingerprint density at radius 2 is 1.64 bits per heavy atom. The maximum absolute atomic E-state index is 2.32. The van der Waals surface area contributed by atoms with E-state index in [0.717, 1.165) is 5.92 Å². The standard InChI is InChI=1S/C14H20/c1-14(2,3)10-11-4-6-12(7-5-11)13-8-9-13/h4-7,13H,8-10H2,1-3H3. The molecule has 0 heteroatoms. The highest BCUT2D eigenvalue weighted by atomic mass is 14.3. The molecule has 0 saturated heterocycles. The fourth-order valence-electron chi connectivity index (χ4n) is 1.94. The molecule has 14 heavy (non-hydrogen) atoms. The van der Waals surface area contributed by atoms with Gasteiger partial charge in [0.2, 0.25) is 0 Å². The van der Waals surface area contributed by atoms with Gasteiger partial charge in [-0.2, -0.15) is 0 Å². The van der Waals surface area contributed by atoms with Crippen molar-refractivity contribution in [1.29, 1.82) is 0 Å². The normalized spacial score (nSPS) is 17.1. The third-order valence-electron chi connectivity index (χ3n) is 2.76. The summed E-state index contributed by atoms with van der Waals surface area (Å²) in [5, 5.41) is 0. The molecule has 2 rings (SSSR count). The first-order valence-electron chi connectivity index (χ1n) is 5.63. The second-order valence-corrected chi connectivity index (χ2v) is 5.75. The van der Waals surface area contributed by atoms with Gasteiger partial charge in [-0.25, -0.2) is 0 Å². The van der Waals surface area contributed by atoms with Crippen LogP contribution in [0.1, 0.15) is 50.7 Å². The van der Waals surface area contributed by atoms with Crippen molar-refractivity contribution in [2.45, 2.75) is 46.0 Å². The Hall–Kier alpha value is -0.780. The van der Waals surface area contributed by atoms with Crippen molar-refractivity contribution >= 4 is 0 Å². The molecule has 0 nitrogen and oxygen atoms in total. The van der Waals surface area contributed by atoms with Crippen molar-refractivity contribution < 1.29 is 0 Å². The molecule has 76 valence electrons. The quantitative estimate of drug-likeness (QED) is 0.654. The van der Waals surface area contributed by atoms with E-state index in [-0.39, 0.29) is 0 Å². The van der Waals surface area contributed by atoms with Gasteiger partial charge in [0.25, 0.3) is 0 Å². The summed E-state index contributed by atoms with van der Waals surface area (Å²) in [6.45, 7) is 6.88. The first-order valence-corrected chi connectivity index (χ1v) is 5.63. The zero-order valence-electron chi connectivity index (χ0n) is 9.51. The molecule has 0 heterocycles. The summed E-state index contributed by atoms with van der Waals surface area (Å²) in [4.78, 5) is 0. The summed E-state index contributed by atoms with van der Waals surface area (Å²) in [5.74, 6) is 0.888. The Morgan fingerprint density at radius 1 is 1.07 bits per heavy atom. The van der Waals surface area contributed by atoms with E-state index in [0.29, 0.717) is 5.41 Å². The van der Waals surface area contributed by atoms with Gasteiger partial charge in [0.05, 0.1) is 0 Å². The van der Waals surface area contributed by atoms with Gasteiger partial charge in [0.15, 0.2) is 0 Å². The van der Waals surface area contributed by atoms with E-state index in [1.165, 1.54) is 24.8 Å². The molecule has 0 amide bonds. The molecule has 1 aromatic carbocycles. The van der Waals surface area contributed by atoms with Crippen LogP contribution in [0.3, 0.4) is 0 Å². The van der Waals surface area contributed by atoms with E-state index in [2.05, 4.69) is 45.0 Å². The van der Waals surface area contributed by atoms with E-state index in [1.807, 2.05) is 0 Å². The van der Waals surface area contributed by atoms with E-state index in [4.69, 9.17) is 0 Å². The molecule has 0 bridgehead atoms. The van der Waals surface area contributed by atoms with E-state index in [1.54, 1.807) is 5.56 Å². The van der Waals surface area contributed by atoms with Crippen LogP contribution >= 0.6 is 0 Å². The first-order chi connectivity index (χ1) is 6.54. The summed E-state index contributed by atoms with van der Waals surface area (Å²) >= 11 is 0. The lowest BCUT2D eigenvalue weighted by molar-refractivity contribution is 0.411. The minimum atomic E-state index is 0.404. The highest BCUT2D eigenvalue weighted by Gasteiger charge is 2.23. The van der Waals surface area contributed by atoms with Gasteiger partial charge < -0.3 is 0 Å². The van der Waals surface area contributed by atoms with Crippen molar-refractivity contribution in [3.05, 3.63) is 35.4 Å². The van der Waals surface area contributed by atoms with Crippen LogP contribution in [0.2, 0.25) is 0 Å². The second-order valence-electron chi connectivity index (χ2n) is 5.75. The number of rotatable bonds is 2. The van der Waals surface area contributed by atoms with Crippen molar-refractivity contribution in [3.63, 3.8) is 0 Å². The largest absolute Gasteiger partial charge is 0.0599 e. The maximum atomic E-state index is 2.32. The molecule has 0 atom stereocenters. The van der Waals surface area contributed by atoms with Crippen molar-refractivity contribution in [2.75, 3.05) is 0 Å². The number of benzene rings is 1. The molecular weight excluding hydrogens is 168 g/mol. The summed E-state index contributed by atoms with van der Waals surface area (Å²) in [5.41, 5.74) is 3.42. The van der Waals surface area contributed by atoms with Gasteiger partial charge in [-0.1, -0.05) is 45.0 Å². The summed E-state index contributed by atoms with van der Waals surface area (Å²) in [6.07, 6.45) is 3.98. The zero-order chi connectivity index (χ0) is 10.2. The van der Waals surface area contributed by atoms with Gasteiger partial charge in [-0.05, 0) is 41.7 Å². The molecule has 0 spiro atoms. The Balaban J connectivity index is 2.06. The Kier molecular flexibility index (Phi) is 2.38. The molecule has 0 N–H and O–H groups in total. The van der Waals surface area contributed by atoms with Gasteiger partial charge in [0, 0.05) is 0 Å². The Morgan fingerprint density at radius 3 is 2.07 bits per heavy atom. The second kappa shape index (κ2) is 3.42. The third-order valence-corrected chi connectivity index (χ3v) is 2.76. The smallest absolute Gasteiger partial charge is 0.0162 e. The predicted molar refractivity (Wildman–Crippen MR) is 61.6 cm³/mol. The molecule has 0 radical (unpaired) electrons. The molecular formula is C14H20. The molecule has 1 fully saturated rings. The topological polar surface area (TPSA) is 0 Å². The van der Waals surface area contributed by atoms with Crippen LogP contribution in [0, 0.1) is 5.41 Å². The highest BCUT2D eigenvalue weighted by molar-refractivity contribution is 5.28. The van der Waals surface area contributed by atoms with Crippen LogP contribution in [0.15, 0.2) is 24.3 Å². The predicted octanol–water partition coefficient (Wildman–Crippen LogP) is 4.15. The summed E-state index contributed by atoms with van der Waals surface area (Å²) < 4.78 is 0. The van der Waals surface area contributed by atoms with Crippen LogP contribution in [0.4, 0.5) is 0 Å². The average molecular weight is 188 g/mol. The Labute approximate surface area is 87.3 Å². The van der Waals surface area contributed by atoms with Crippen molar-refractivity contribution in [2.24, 2.45) is 5.41 Å². The van der Waals surface area contributed by atoms with Crippen LogP contribution in [-0.2, 0) is 6.42 Å². The van der Waals surface area contributed by atoms with Crippen molar-refractivity contribution in [1.82, 2.24) is 0 Å². The van der Waals surface area contributed by atoms with E-state index < -0.39 is 0 Å². The molecule has 1 aliphatic rings. The molecule has 1 aromatic rings. The summed E-state index contributed by atoms with van der Waals surface area (Å²) in [7, 11) is 0. The fourth-order valence-corrected chi connectivity index (χ4v) is 1.94. The zero-order valence-corrected chi connectivity index (χ0v) is 9.51. The SMILES string of the molecule is CC(C)(C)Cc1ccc(C2CC2)cc1. The fraction of sp³-hybridized carbons (Fsp3) is 0.571. The first kappa shape index (κ1) is 9.76. The van der Waals surface area contributed by atoms with Crippen LogP contribution in [-0.4, -0.2) is 0 Å². The monoisotopic (exact) mass is 188 g/mol. The van der Waals surface area contributed by atoms with Gasteiger partial charge in [-0.15, -0.1) is 0 Å². The number of hydrogen-bond acceptors (Lipinski definition) is 0. The van der Waals surface area contributed by atoms with Crippen LogP contribution < -0.4 is 0 Å². The lowest BCUT2D eigenvalue weighted by atomic mass is 9.88. The minimum absolute atomic E-state index is 0.404. The molecule has 1 saturated carbocycles. The highest BCUT2D eigenvalue weighted by Crippen LogP contribution is 2.40. The minimum Gasteiger partial charge on any atom is -0.0599 e. The molecule has 1 aliphatic carbocycles. The average Bonchev–Trinajstić information content (AvgIpc) is 2.85. The van der Waals surface area contributed by atoms with Crippen LogP contribution in [0.5, 0.6) is 0 Å². The van der Waals surface area contributed by atoms with E-state index >= 15 is 0 Å². The molecule has 0 unspecified atom stereocenters.